The minimum Gasteiger partial charge on any atom is -0.322 e. The smallest absolute Gasteiger partial charge is 0.322 e. The number of hydrogen-bond donors (Lipinski definition) is 2. The van der Waals surface area contributed by atoms with Crippen molar-refractivity contribution in [2.45, 2.75) is 40.2 Å². The fourth-order valence-corrected chi connectivity index (χ4v) is 2.27. The lowest BCUT2D eigenvalue weighted by molar-refractivity contribution is -0.130. The van der Waals surface area contributed by atoms with E-state index in [4.69, 9.17) is 0 Å². The molecule has 0 aromatic carbocycles. The van der Waals surface area contributed by atoms with E-state index in [1.54, 1.807) is 0 Å². The first kappa shape index (κ1) is 11.0. The molecule has 1 atom stereocenters. The molecule has 1 saturated heterocycles. The second-order valence-corrected chi connectivity index (χ2v) is 5.12. The van der Waals surface area contributed by atoms with Gasteiger partial charge in [0, 0.05) is 0 Å². The van der Waals surface area contributed by atoms with Gasteiger partial charge in [-0.3, -0.25) is 10.1 Å². The first-order valence-electron chi connectivity index (χ1n) is 4.85. The van der Waals surface area contributed by atoms with Crippen molar-refractivity contribution in [1.29, 1.82) is 0 Å². The molecule has 3 amide bonds. The zero-order valence-corrected chi connectivity index (χ0v) is 9.39. The van der Waals surface area contributed by atoms with Gasteiger partial charge in [0.05, 0.1) is 0 Å². The number of hydrogen-bond acceptors (Lipinski definition) is 2. The molecule has 1 fully saturated rings. The van der Waals surface area contributed by atoms with Gasteiger partial charge >= 0.3 is 6.03 Å². The van der Waals surface area contributed by atoms with Gasteiger partial charge in [0.25, 0.3) is 5.91 Å². The van der Waals surface area contributed by atoms with Crippen LogP contribution in [0.2, 0.25) is 0 Å². The summed E-state index contributed by atoms with van der Waals surface area (Å²) in [5.41, 5.74) is -1.08. The van der Waals surface area contributed by atoms with Gasteiger partial charge in [0.15, 0.2) is 0 Å². The summed E-state index contributed by atoms with van der Waals surface area (Å²) in [6.07, 6.45) is 0. The van der Waals surface area contributed by atoms with Gasteiger partial charge in [-0.15, -0.1) is 0 Å². The molecule has 1 aliphatic rings. The fourth-order valence-electron chi connectivity index (χ4n) is 2.27. The highest BCUT2D eigenvalue weighted by Crippen LogP contribution is 2.38. The summed E-state index contributed by atoms with van der Waals surface area (Å²) in [4.78, 5) is 23.0. The largest absolute Gasteiger partial charge is 0.322 e. The van der Waals surface area contributed by atoms with E-state index < -0.39 is 11.6 Å². The van der Waals surface area contributed by atoms with Crippen LogP contribution in [0.1, 0.15) is 34.6 Å². The Kier molecular flexibility index (Phi) is 2.34. The first-order valence-corrected chi connectivity index (χ1v) is 4.85. The molecule has 0 aliphatic carbocycles. The summed E-state index contributed by atoms with van der Waals surface area (Å²) >= 11 is 0. The molecular weight excluding hydrogens is 180 g/mol. The molecule has 1 unspecified atom stereocenters. The van der Waals surface area contributed by atoms with Crippen molar-refractivity contribution in [3.8, 4) is 0 Å². The van der Waals surface area contributed by atoms with Gasteiger partial charge in [-0.25, -0.2) is 4.79 Å². The van der Waals surface area contributed by atoms with Gasteiger partial charge in [-0.2, -0.15) is 0 Å². The van der Waals surface area contributed by atoms with Gasteiger partial charge in [0.2, 0.25) is 0 Å². The predicted molar refractivity (Wildman–Crippen MR) is 53.7 cm³/mol. The molecule has 14 heavy (non-hydrogen) atoms. The van der Waals surface area contributed by atoms with Crippen molar-refractivity contribution in [3.05, 3.63) is 0 Å². The van der Waals surface area contributed by atoms with Crippen LogP contribution in [0.5, 0.6) is 0 Å². The Bertz CT molecular complexity index is 278. The molecule has 80 valence electrons. The molecule has 1 rings (SSSR count). The lowest BCUT2D eigenvalue weighted by Crippen LogP contribution is -2.60. The fraction of sp³-hybridized carbons (Fsp3) is 0.800. The van der Waals surface area contributed by atoms with E-state index in [0.29, 0.717) is 0 Å². The zero-order chi connectivity index (χ0) is 11.1. The molecule has 4 heteroatoms. The third kappa shape index (κ3) is 1.29. The van der Waals surface area contributed by atoms with Crippen LogP contribution in [0.3, 0.4) is 0 Å². The summed E-state index contributed by atoms with van der Waals surface area (Å²) in [6, 6.07) is -0.390. The van der Waals surface area contributed by atoms with Crippen LogP contribution in [-0.4, -0.2) is 17.5 Å². The number of nitrogens with one attached hydrogen (secondary N) is 2. The van der Waals surface area contributed by atoms with E-state index in [2.05, 4.69) is 10.6 Å². The van der Waals surface area contributed by atoms with Crippen molar-refractivity contribution in [1.82, 2.24) is 10.6 Å². The molecule has 0 spiro atoms. The molecule has 1 aliphatic heterocycles. The van der Waals surface area contributed by atoms with E-state index >= 15 is 0 Å². The average Bonchev–Trinajstić information content (AvgIpc) is 2.24. The minimum absolute atomic E-state index is 0.0638. The Morgan fingerprint density at radius 1 is 1.21 bits per heavy atom. The quantitative estimate of drug-likeness (QED) is 0.623. The number of carbonyl (C=O) groups excluding carboxylic acids is 2. The summed E-state index contributed by atoms with van der Waals surface area (Å²) in [5.74, 6) is -0.154. The summed E-state index contributed by atoms with van der Waals surface area (Å²) in [7, 11) is 0. The first-order chi connectivity index (χ1) is 6.22. The maximum atomic E-state index is 11.8. The Balaban J connectivity index is 3.19. The minimum atomic E-state index is -0.788. The number of urea groups is 1. The summed E-state index contributed by atoms with van der Waals surface area (Å²) in [5, 5.41) is 5.06. The molecule has 1 heterocycles. The monoisotopic (exact) mass is 198 g/mol. The number of carbonyl (C=O) groups is 2. The van der Waals surface area contributed by atoms with Crippen LogP contribution in [0.4, 0.5) is 4.79 Å². The summed E-state index contributed by atoms with van der Waals surface area (Å²) < 4.78 is 0. The van der Waals surface area contributed by atoms with Gasteiger partial charge in [-0.05, 0) is 11.3 Å². The normalized spacial score (nSPS) is 27.9. The number of amides is 3. The standard InChI is InChI=1S/C10H18N2O2/c1-6(2)10(9(3,4)5)7(13)11-8(14)12-10/h6H,1-5H3,(H2,11,12,13,14). The molecule has 4 nitrogen and oxygen atoms in total. The Labute approximate surface area is 84.4 Å². The lowest BCUT2D eigenvalue weighted by Gasteiger charge is -2.42. The van der Waals surface area contributed by atoms with Crippen molar-refractivity contribution in [3.63, 3.8) is 0 Å². The van der Waals surface area contributed by atoms with Crippen LogP contribution in [0, 0.1) is 11.3 Å². The highest BCUT2D eigenvalue weighted by molar-refractivity contribution is 6.07. The zero-order valence-electron chi connectivity index (χ0n) is 9.39. The highest BCUT2D eigenvalue weighted by Gasteiger charge is 2.56. The van der Waals surface area contributed by atoms with E-state index in [9.17, 15) is 9.59 Å². The van der Waals surface area contributed by atoms with Crippen LogP contribution in [-0.2, 0) is 4.79 Å². The molecule has 2 N–H and O–H groups in total. The van der Waals surface area contributed by atoms with Crippen LogP contribution in [0.25, 0.3) is 0 Å². The van der Waals surface area contributed by atoms with E-state index in [1.165, 1.54) is 0 Å². The summed E-state index contributed by atoms with van der Waals surface area (Å²) in [6.45, 7) is 9.75. The average molecular weight is 198 g/mol. The second-order valence-electron chi connectivity index (χ2n) is 5.12. The van der Waals surface area contributed by atoms with Crippen LogP contribution < -0.4 is 10.6 Å². The maximum Gasteiger partial charge on any atom is 0.322 e. The third-order valence-corrected chi connectivity index (χ3v) is 2.94. The molecule has 0 aromatic rings. The van der Waals surface area contributed by atoms with E-state index in [1.807, 2.05) is 34.6 Å². The lowest BCUT2D eigenvalue weighted by atomic mass is 9.67. The Hall–Kier alpha value is -1.06. The predicted octanol–water partition coefficient (Wildman–Crippen LogP) is 1.27. The molecule has 0 bridgehead atoms. The van der Waals surface area contributed by atoms with Crippen molar-refractivity contribution < 1.29 is 9.59 Å². The molecule has 0 saturated carbocycles. The van der Waals surface area contributed by atoms with Gasteiger partial charge in [-0.1, -0.05) is 34.6 Å². The van der Waals surface area contributed by atoms with E-state index in [-0.39, 0.29) is 17.2 Å². The Morgan fingerprint density at radius 2 is 1.71 bits per heavy atom. The second kappa shape index (κ2) is 2.97. The number of rotatable bonds is 1. The van der Waals surface area contributed by atoms with Crippen molar-refractivity contribution in [2.24, 2.45) is 11.3 Å². The Morgan fingerprint density at radius 3 is 1.86 bits per heavy atom. The van der Waals surface area contributed by atoms with Crippen LogP contribution in [0.15, 0.2) is 0 Å². The number of imide groups is 1. The maximum absolute atomic E-state index is 11.8. The van der Waals surface area contributed by atoms with Gasteiger partial charge < -0.3 is 5.32 Å². The third-order valence-electron chi connectivity index (χ3n) is 2.94. The van der Waals surface area contributed by atoms with Crippen molar-refractivity contribution in [2.75, 3.05) is 0 Å². The van der Waals surface area contributed by atoms with E-state index in [0.717, 1.165) is 0 Å². The van der Waals surface area contributed by atoms with Crippen molar-refractivity contribution >= 4 is 11.9 Å². The molecular formula is C10H18N2O2. The topological polar surface area (TPSA) is 58.2 Å². The highest BCUT2D eigenvalue weighted by atomic mass is 16.2. The SMILES string of the molecule is CC(C)C1(C(C)(C)C)NC(=O)NC1=O. The van der Waals surface area contributed by atoms with Gasteiger partial charge in [0.1, 0.15) is 5.54 Å². The molecule has 0 aromatic heterocycles. The molecule has 0 radical (unpaired) electrons. The van der Waals surface area contributed by atoms with Crippen LogP contribution >= 0.6 is 0 Å².